The van der Waals surface area contributed by atoms with E-state index in [2.05, 4.69) is 4.98 Å². The Hall–Kier alpha value is -2.37. The van der Waals surface area contributed by atoms with Crippen molar-refractivity contribution < 1.29 is 18.6 Å². The molecular formula is C18H19NO4. The number of nitrogens with zero attached hydrogens (tertiary/aromatic N) is 1. The van der Waals surface area contributed by atoms with Crippen LogP contribution < -0.4 is 4.74 Å². The summed E-state index contributed by atoms with van der Waals surface area (Å²) < 4.78 is 21.6. The van der Waals surface area contributed by atoms with E-state index in [-0.39, 0.29) is 0 Å². The van der Waals surface area contributed by atoms with Crippen LogP contribution in [0.3, 0.4) is 0 Å². The van der Waals surface area contributed by atoms with Crippen molar-refractivity contribution in [2.24, 2.45) is 0 Å². The Morgan fingerprint density at radius 2 is 1.91 bits per heavy atom. The predicted octanol–water partition coefficient (Wildman–Crippen LogP) is 3.54. The van der Waals surface area contributed by atoms with Crippen LogP contribution in [0.15, 0.2) is 53.3 Å². The third-order valence-electron chi connectivity index (χ3n) is 3.43. The Morgan fingerprint density at radius 3 is 2.74 bits per heavy atom. The van der Waals surface area contributed by atoms with Gasteiger partial charge in [0.2, 0.25) is 5.89 Å². The van der Waals surface area contributed by atoms with E-state index in [1.54, 1.807) is 19.6 Å². The zero-order valence-electron chi connectivity index (χ0n) is 13.0. The van der Waals surface area contributed by atoms with Crippen LogP contribution in [0.2, 0.25) is 0 Å². The van der Waals surface area contributed by atoms with Crippen LogP contribution in [-0.2, 0) is 9.47 Å². The minimum absolute atomic E-state index is 0.479. The summed E-state index contributed by atoms with van der Waals surface area (Å²) in [7, 11) is 1.65. The van der Waals surface area contributed by atoms with Crippen LogP contribution in [0.25, 0.3) is 22.2 Å². The second kappa shape index (κ2) is 7.76. The molecule has 0 atom stereocenters. The van der Waals surface area contributed by atoms with Crippen molar-refractivity contribution in [2.45, 2.75) is 0 Å². The van der Waals surface area contributed by atoms with Gasteiger partial charge in [-0.2, -0.15) is 0 Å². The van der Waals surface area contributed by atoms with Gasteiger partial charge in [-0.05, 0) is 22.9 Å². The number of ether oxygens (including phenoxy) is 3. The first-order valence-corrected chi connectivity index (χ1v) is 7.50. The summed E-state index contributed by atoms with van der Waals surface area (Å²) in [5.41, 5.74) is 0.920. The van der Waals surface area contributed by atoms with Crippen molar-refractivity contribution in [2.75, 3.05) is 33.5 Å². The van der Waals surface area contributed by atoms with Crippen LogP contribution in [0, 0.1) is 0 Å². The molecule has 3 aromatic rings. The number of hydrogen-bond donors (Lipinski definition) is 0. The van der Waals surface area contributed by atoms with E-state index in [1.807, 2.05) is 36.4 Å². The molecule has 3 rings (SSSR count). The van der Waals surface area contributed by atoms with Gasteiger partial charge in [0.25, 0.3) is 0 Å². The van der Waals surface area contributed by atoms with Crippen molar-refractivity contribution in [3.8, 4) is 17.2 Å². The highest BCUT2D eigenvalue weighted by molar-refractivity contribution is 5.96. The van der Waals surface area contributed by atoms with Crippen LogP contribution in [0.1, 0.15) is 0 Å². The monoisotopic (exact) mass is 313 g/mol. The van der Waals surface area contributed by atoms with Crippen molar-refractivity contribution in [1.29, 1.82) is 0 Å². The van der Waals surface area contributed by atoms with E-state index in [1.165, 1.54) is 0 Å². The summed E-state index contributed by atoms with van der Waals surface area (Å²) in [5, 5.41) is 2.16. The fourth-order valence-corrected chi connectivity index (χ4v) is 2.36. The number of fused-ring (bicyclic) bond motifs is 1. The quantitative estimate of drug-likeness (QED) is 0.595. The fraction of sp³-hybridized carbons (Fsp3) is 0.278. The number of hydrogen-bond acceptors (Lipinski definition) is 5. The molecule has 1 heterocycles. The van der Waals surface area contributed by atoms with Gasteiger partial charge in [-0.3, -0.25) is 0 Å². The van der Waals surface area contributed by atoms with Crippen LogP contribution in [-0.4, -0.2) is 38.5 Å². The first-order valence-electron chi connectivity index (χ1n) is 7.50. The molecule has 2 aromatic carbocycles. The van der Waals surface area contributed by atoms with Crippen LogP contribution in [0.4, 0.5) is 0 Å². The molecule has 5 nitrogen and oxygen atoms in total. The predicted molar refractivity (Wildman–Crippen MR) is 87.6 cm³/mol. The number of oxazole rings is 1. The topological polar surface area (TPSA) is 53.7 Å². The molecule has 0 saturated heterocycles. The Balaban J connectivity index is 1.76. The molecule has 23 heavy (non-hydrogen) atoms. The summed E-state index contributed by atoms with van der Waals surface area (Å²) in [6.45, 7) is 2.15. The molecule has 0 amide bonds. The maximum atomic E-state index is 5.80. The van der Waals surface area contributed by atoms with Gasteiger partial charge in [0.05, 0.1) is 26.0 Å². The highest BCUT2D eigenvalue weighted by Gasteiger charge is 2.10. The molecule has 0 fully saturated rings. The van der Waals surface area contributed by atoms with E-state index in [0.29, 0.717) is 32.3 Å². The van der Waals surface area contributed by atoms with Crippen LogP contribution in [0.5, 0.6) is 5.75 Å². The van der Waals surface area contributed by atoms with E-state index in [9.17, 15) is 0 Å². The van der Waals surface area contributed by atoms with Gasteiger partial charge in [0.1, 0.15) is 18.6 Å². The zero-order chi connectivity index (χ0) is 15.9. The molecule has 0 aliphatic heterocycles. The van der Waals surface area contributed by atoms with Gasteiger partial charge in [-0.25, -0.2) is 4.98 Å². The van der Waals surface area contributed by atoms with E-state index in [4.69, 9.17) is 18.6 Å². The number of aromatic nitrogens is 1. The highest BCUT2D eigenvalue weighted by Crippen LogP contribution is 2.32. The third-order valence-corrected chi connectivity index (χ3v) is 3.43. The maximum Gasteiger partial charge on any atom is 0.226 e. The number of methoxy groups -OCH3 is 1. The molecule has 0 saturated carbocycles. The molecule has 5 heteroatoms. The van der Waals surface area contributed by atoms with Gasteiger partial charge in [-0.15, -0.1) is 0 Å². The summed E-state index contributed by atoms with van der Waals surface area (Å²) in [6.07, 6.45) is 3.21. The van der Waals surface area contributed by atoms with E-state index in [0.717, 1.165) is 22.1 Å². The lowest BCUT2D eigenvalue weighted by atomic mass is 10.0. The van der Waals surface area contributed by atoms with Crippen LogP contribution >= 0.6 is 0 Å². The molecule has 120 valence electrons. The molecule has 0 N–H and O–H groups in total. The largest absolute Gasteiger partial charge is 0.491 e. The second-order valence-corrected chi connectivity index (χ2v) is 4.98. The Bertz CT molecular complexity index is 740. The van der Waals surface area contributed by atoms with Crippen molar-refractivity contribution in [3.05, 3.63) is 48.9 Å². The highest BCUT2D eigenvalue weighted by atomic mass is 16.5. The van der Waals surface area contributed by atoms with Crippen molar-refractivity contribution in [3.63, 3.8) is 0 Å². The standard InChI is InChI=1S/C18H19NO4/c1-20-8-9-21-10-11-22-15-12-14-4-2-3-5-16(14)17(13-15)18-19-6-7-23-18/h2-7,12-13H,8-11H2,1H3. The molecule has 0 spiro atoms. The fourth-order valence-electron chi connectivity index (χ4n) is 2.36. The normalized spacial score (nSPS) is 11.0. The lowest BCUT2D eigenvalue weighted by Gasteiger charge is -2.10. The average molecular weight is 313 g/mol. The minimum atomic E-state index is 0.479. The lowest BCUT2D eigenvalue weighted by Crippen LogP contribution is -2.10. The summed E-state index contributed by atoms with van der Waals surface area (Å²) in [6, 6.07) is 12.1. The lowest BCUT2D eigenvalue weighted by molar-refractivity contribution is 0.0544. The molecule has 0 aliphatic carbocycles. The molecule has 0 aliphatic rings. The first kappa shape index (κ1) is 15.5. The maximum absolute atomic E-state index is 5.80. The second-order valence-electron chi connectivity index (χ2n) is 4.98. The molecule has 0 bridgehead atoms. The van der Waals surface area contributed by atoms with E-state index < -0.39 is 0 Å². The molecule has 0 radical (unpaired) electrons. The smallest absolute Gasteiger partial charge is 0.226 e. The first-order chi connectivity index (χ1) is 11.4. The number of benzene rings is 2. The Morgan fingerprint density at radius 1 is 1.04 bits per heavy atom. The summed E-state index contributed by atoms with van der Waals surface area (Å²) >= 11 is 0. The zero-order valence-corrected chi connectivity index (χ0v) is 13.0. The Kier molecular flexibility index (Phi) is 5.24. The number of rotatable bonds is 8. The summed E-state index contributed by atoms with van der Waals surface area (Å²) in [5.74, 6) is 1.36. The average Bonchev–Trinajstić information content (AvgIpc) is 3.11. The van der Waals surface area contributed by atoms with E-state index >= 15 is 0 Å². The molecular weight excluding hydrogens is 294 g/mol. The molecule has 1 aromatic heterocycles. The van der Waals surface area contributed by atoms with Gasteiger partial charge in [0, 0.05) is 12.7 Å². The summed E-state index contributed by atoms with van der Waals surface area (Å²) in [4.78, 5) is 4.25. The Labute approximate surface area is 134 Å². The SMILES string of the molecule is COCCOCCOc1cc(-c2ncco2)c2ccccc2c1. The van der Waals surface area contributed by atoms with Crippen molar-refractivity contribution in [1.82, 2.24) is 4.98 Å². The minimum Gasteiger partial charge on any atom is -0.491 e. The molecule has 0 unspecified atom stereocenters. The van der Waals surface area contributed by atoms with Crippen molar-refractivity contribution >= 4 is 10.8 Å². The van der Waals surface area contributed by atoms with Gasteiger partial charge < -0.3 is 18.6 Å². The van der Waals surface area contributed by atoms with Gasteiger partial charge in [-0.1, -0.05) is 24.3 Å². The van der Waals surface area contributed by atoms with Gasteiger partial charge in [0.15, 0.2) is 0 Å². The third kappa shape index (κ3) is 3.88. The van der Waals surface area contributed by atoms with Gasteiger partial charge >= 0.3 is 0 Å².